The molecular weight excluding hydrogens is 847 g/mol. The number of benzene rings is 1. The van der Waals surface area contributed by atoms with Crippen LogP contribution < -0.4 is 21.2 Å². The Kier molecular flexibility index (Phi) is 13.9. The van der Waals surface area contributed by atoms with E-state index < -0.39 is 12.0 Å². The lowest BCUT2D eigenvalue weighted by Gasteiger charge is -2.26. The molecule has 0 saturated heterocycles. The van der Waals surface area contributed by atoms with Crippen molar-refractivity contribution in [3.63, 3.8) is 0 Å². The number of allylic oxidation sites excluding steroid dienone is 4. The molecule has 8 rings (SSSR count). The van der Waals surface area contributed by atoms with E-state index in [-0.39, 0.29) is 31.2 Å². The maximum atomic E-state index is 14.1. The summed E-state index contributed by atoms with van der Waals surface area (Å²) in [6.07, 6.45) is 5.71. The van der Waals surface area contributed by atoms with E-state index in [9.17, 15) is 19.5 Å². The van der Waals surface area contributed by atoms with Crippen molar-refractivity contribution in [3.8, 4) is 5.75 Å². The number of hydrogen-bond donors (Lipinski definition) is 7. The lowest BCUT2D eigenvalue weighted by atomic mass is 9.98. The number of aromatic amines is 3. The number of anilines is 1. The van der Waals surface area contributed by atoms with Gasteiger partial charge in [-0.05, 0) is 167 Å². The Morgan fingerprint density at radius 2 is 1.43 bits per heavy atom. The molecule has 0 unspecified atom stereocenters. The van der Waals surface area contributed by atoms with E-state index in [1.807, 2.05) is 76.2 Å². The van der Waals surface area contributed by atoms with Gasteiger partial charge in [-0.2, -0.15) is 5.06 Å². The quantitative estimate of drug-likeness (QED) is 0.0318. The largest absolute Gasteiger partial charge is 0.481 e. The van der Waals surface area contributed by atoms with E-state index >= 15 is 0 Å². The molecule has 5 aromatic heterocycles. The number of H-pyrrole nitrogens is 3. The molecule has 16 nitrogen and oxygen atoms in total. The second kappa shape index (κ2) is 20.3. The Hall–Kier alpha value is -7.59. The van der Waals surface area contributed by atoms with Crippen molar-refractivity contribution in [2.24, 2.45) is 5.73 Å². The SMILES string of the molecule is CCN(Oc1ccc(CNc2cnc3nc[nH]c3c2)cc1)C(=O)[C@H](CCCCN)NC(=O)CCC1=C(C)c2cc3[nH]c(cc3C)cc3[nH]c(cc4nc(cc1n2)C(CCC(=O)O)=C4C)cc3C. The highest BCUT2D eigenvalue weighted by atomic mass is 16.7. The highest BCUT2D eigenvalue weighted by Gasteiger charge is 2.28. The number of carbonyl (C=O) groups excluding carboxylic acids is 2. The van der Waals surface area contributed by atoms with Crippen LogP contribution in [0.5, 0.6) is 5.75 Å². The number of pyridine rings is 1. The van der Waals surface area contributed by atoms with E-state index in [0.29, 0.717) is 68.0 Å². The minimum Gasteiger partial charge on any atom is -0.481 e. The molecule has 6 aromatic rings. The maximum Gasteiger partial charge on any atom is 0.303 e. The number of nitrogens with one attached hydrogen (secondary N) is 5. The van der Waals surface area contributed by atoms with Gasteiger partial charge in [-0.25, -0.2) is 19.9 Å². The van der Waals surface area contributed by atoms with Crippen LogP contribution in [-0.4, -0.2) is 82.0 Å². The summed E-state index contributed by atoms with van der Waals surface area (Å²) in [6, 6.07) is 20.7. The molecule has 0 spiro atoms. The molecule has 2 aliphatic heterocycles. The maximum absolute atomic E-state index is 14.1. The van der Waals surface area contributed by atoms with Gasteiger partial charge in [-0.15, -0.1) is 0 Å². The van der Waals surface area contributed by atoms with Crippen LogP contribution in [-0.2, 0) is 20.9 Å². The van der Waals surface area contributed by atoms with E-state index in [2.05, 4.69) is 60.7 Å². The first-order valence-corrected chi connectivity index (χ1v) is 22.8. The van der Waals surface area contributed by atoms with Crippen molar-refractivity contribution in [1.29, 1.82) is 0 Å². The third-order valence-electron chi connectivity index (χ3n) is 12.3. The van der Waals surface area contributed by atoms with Crippen molar-refractivity contribution in [1.82, 2.24) is 45.3 Å². The van der Waals surface area contributed by atoms with Gasteiger partial charge >= 0.3 is 5.97 Å². The molecular formula is C51H57N11O5. The second-order valence-corrected chi connectivity index (χ2v) is 17.1. The molecule has 8 N–H and O–H groups in total. The summed E-state index contributed by atoms with van der Waals surface area (Å²) in [7, 11) is 0. The van der Waals surface area contributed by atoms with Crippen LogP contribution in [0.15, 0.2) is 79.3 Å². The zero-order valence-electron chi connectivity index (χ0n) is 38.5. The van der Waals surface area contributed by atoms with Gasteiger partial charge in [-0.1, -0.05) is 12.1 Å². The van der Waals surface area contributed by atoms with Crippen LogP contribution in [0.3, 0.4) is 0 Å². The number of carboxylic acid groups (broad SMARTS) is 1. The Morgan fingerprint density at radius 1 is 0.776 bits per heavy atom. The van der Waals surface area contributed by atoms with Crippen LogP contribution >= 0.6 is 0 Å². The molecule has 8 bridgehead atoms. The number of nitrogens with two attached hydrogens (primary N) is 1. The predicted molar refractivity (Wildman–Crippen MR) is 262 cm³/mol. The fourth-order valence-electron chi connectivity index (χ4n) is 8.49. The highest BCUT2D eigenvalue weighted by molar-refractivity contribution is 5.97. The summed E-state index contributed by atoms with van der Waals surface area (Å²) >= 11 is 0. The summed E-state index contributed by atoms with van der Waals surface area (Å²) < 4.78 is 0. The number of rotatable bonds is 18. The van der Waals surface area contributed by atoms with Crippen LogP contribution in [0, 0.1) is 13.8 Å². The highest BCUT2D eigenvalue weighted by Crippen LogP contribution is 2.37. The van der Waals surface area contributed by atoms with E-state index in [1.54, 1.807) is 12.5 Å². The normalized spacial score (nSPS) is 13.0. The number of nitrogens with zero attached hydrogens (tertiary/aromatic N) is 5. The first-order valence-electron chi connectivity index (χ1n) is 22.8. The van der Waals surface area contributed by atoms with Crippen molar-refractivity contribution < 1.29 is 24.3 Å². The number of carboxylic acids is 1. The van der Waals surface area contributed by atoms with E-state index in [4.69, 9.17) is 20.5 Å². The summed E-state index contributed by atoms with van der Waals surface area (Å²) in [5.41, 5.74) is 21.3. The second-order valence-electron chi connectivity index (χ2n) is 17.1. The van der Waals surface area contributed by atoms with Gasteiger partial charge in [-0.3, -0.25) is 14.4 Å². The van der Waals surface area contributed by atoms with Gasteiger partial charge in [0.15, 0.2) is 11.4 Å². The van der Waals surface area contributed by atoms with Gasteiger partial charge in [0.25, 0.3) is 5.91 Å². The number of aromatic nitrogens is 7. The summed E-state index contributed by atoms with van der Waals surface area (Å²) in [6.45, 7) is 11.2. The topological polar surface area (TPSA) is 233 Å². The zero-order chi connectivity index (χ0) is 47.2. The van der Waals surface area contributed by atoms with E-state index in [1.165, 1.54) is 5.06 Å². The van der Waals surface area contributed by atoms with Crippen LogP contribution in [0.2, 0.25) is 0 Å². The Labute approximate surface area is 388 Å². The van der Waals surface area contributed by atoms with Crippen molar-refractivity contribution in [3.05, 3.63) is 119 Å². The molecule has 346 valence electrons. The Balaban J connectivity index is 1.02. The molecule has 0 aliphatic carbocycles. The Bertz CT molecular complexity index is 3070. The number of hydrogen-bond acceptors (Lipinski definition) is 10. The summed E-state index contributed by atoms with van der Waals surface area (Å²) in [5, 5.41) is 17.4. The molecule has 0 fully saturated rings. The first kappa shape index (κ1) is 46.0. The number of likely N-dealkylation sites (N-methyl/N-ethyl adjacent to an activating group) is 1. The minimum atomic E-state index is -0.896. The number of fused-ring (bicyclic) bond motifs is 9. The zero-order valence-corrected chi connectivity index (χ0v) is 38.5. The van der Waals surface area contributed by atoms with Gasteiger partial charge in [0, 0.05) is 41.5 Å². The fraction of sp³-hybridized carbons (Fsp3) is 0.314. The van der Waals surface area contributed by atoms with Crippen molar-refractivity contribution in [2.45, 2.75) is 92.2 Å². The average molecular weight is 904 g/mol. The minimum absolute atomic E-state index is 0.0547. The van der Waals surface area contributed by atoms with Crippen molar-refractivity contribution >= 4 is 79.0 Å². The smallest absolute Gasteiger partial charge is 0.303 e. The number of carbonyl (C=O) groups is 3. The molecule has 7 heterocycles. The van der Waals surface area contributed by atoms with Crippen molar-refractivity contribution in [2.75, 3.05) is 18.4 Å². The van der Waals surface area contributed by atoms with E-state index in [0.717, 1.165) is 83.6 Å². The number of aliphatic carboxylic acids is 1. The van der Waals surface area contributed by atoms with Gasteiger partial charge in [0.1, 0.15) is 6.04 Å². The number of aryl methyl sites for hydroxylation is 2. The standard InChI is InChI=1S/C51H57N11O5/c1-6-62(67-37-12-10-33(11-13-37)26-53-36-23-47-50(54-27-36)56-28-55-47)51(66)40(9-7-8-18-52)61-48(63)16-14-38-32(5)44-24-42-30(3)20-34(58-42)21-41-29(2)19-35(57-41)22-43-31(4)39(15-17-49(64)65)46(59-43)25-45(38)60-44/h10-13,19-25,27-28,40,53,57-58H,6-9,14-18,26,52H2,1-5H3,(H,61,63)(H,64,65)(H,54,55,56)/t40-/m0/s1. The molecule has 0 saturated carbocycles. The third-order valence-corrected chi connectivity index (χ3v) is 12.3. The fourth-order valence-corrected chi connectivity index (χ4v) is 8.49. The average Bonchev–Trinajstić information content (AvgIpc) is 4.12. The lowest BCUT2D eigenvalue weighted by Crippen LogP contribution is -2.49. The number of hydroxylamine groups is 2. The number of unbranched alkanes of at least 4 members (excludes halogenated alkanes) is 1. The number of imidazole rings is 1. The number of amides is 2. The molecule has 1 aromatic carbocycles. The predicted octanol–water partition coefficient (Wildman–Crippen LogP) is 8.78. The molecule has 0 radical (unpaired) electrons. The molecule has 2 amide bonds. The molecule has 2 aliphatic rings. The lowest BCUT2D eigenvalue weighted by molar-refractivity contribution is -0.160. The molecule has 1 atom stereocenters. The monoisotopic (exact) mass is 903 g/mol. The van der Waals surface area contributed by atoms with Crippen LogP contribution in [0.25, 0.3) is 55.5 Å². The first-order chi connectivity index (χ1) is 32.3. The van der Waals surface area contributed by atoms with Crippen LogP contribution in [0.4, 0.5) is 5.69 Å². The summed E-state index contributed by atoms with van der Waals surface area (Å²) in [4.78, 5) is 74.8. The third kappa shape index (κ3) is 10.8. The Morgan fingerprint density at radius 3 is 2.10 bits per heavy atom. The van der Waals surface area contributed by atoms with Gasteiger partial charge in [0.05, 0.1) is 53.0 Å². The van der Waals surface area contributed by atoms with Crippen LogP contribution in [0.1, 0.15) is 105 Å². The van der Waals surface area contributed by atoms with Gasteiger partial charge < -0.3 is 41.3 Å². The summed E-state index contributed by atoms with van der Waals surface area (Å²) in [5.74, 6) is -1.06. The molecule has 16 heteroatoms. The molecule has 67 heavy (non-hydrogen) atoms. The van der Waals surface area contributed by atoms with Gasteiger partial charge in [0.2, 0.25) is 5.91 Å².